The Balaban J connectivity index is 1.49. The number of ether oxygens (including phenoxy) is 1. The number of aryl methyl sites for hydroxylation is 2. The molecule has 2 atom stereocenters. The molecule has 2 aromatic rings. The summed E-state index contributed by atoms with van der Waals surface area (Å²) < 4.78 is 5.81. The van der Waals surface area contributed by atoms with Crippen LogP contribution in [0.1, 0.15) is 41.9 Å². The smallest absolute Gasteiger partial charge is 0.0678 e. The Morgan fingerprint density at radius 2 is 1.72 bits per heavy atom. The van der Waals surface area contributed by atoms with Crippen LogP contribution in [0.4, 0.5) is 0 Å². The van der Waals surface area contributed by atoms with Crippen LogP contribution in [-0.4, -0.2) is 40.4 Å². The summed E-state index contributed by atoms with van der Waals surface area (Å²) in [5, 5.41) is 10.8. The number of H-pyrrole nitrogens is 1. The molecule has 5 nitrogen and oxygen atoms in total. The van der Waals surface area contributed by atoms with Crippen LogP contribution in [0, 0.1) is 13.8 Å². The van der Waals surface area contributed by atoms with E-state index in [4.69, 9.17) is 4.74 Å². The largest absolute Gasteiger partial charge is 0.373 e. The van der Waals surface area contributed by atoms with Crippen LogP contribution >= 0.6 is 0 Å². The van der Waals surface area contributed by atoms with Crippen LogP contribution in [0.15, 0.2) is 24.3 Å². The number of nitrogens with one attached hydrogen (secondary N) is 2. The van der Waals surface area contributed by atoms with Crippen molar-refractivity contribution in [1.82, 2.24) is 20.4 Å². The average molecular weight is 342 g/mol. The van der Waals surface area contributed by atoms with Crippen molar-refractivity contribution in [3.05, 3.63) is 52.3 Å². The van der Waals surface area contributed by atoms with Gasteiger partial charge in [0.1, 0.15) is 0 Å². The van der Waals surface area contributed by atoms with E-state index in [1.165, 1.54) is 16.7 Å². The van der Waals surface area contributed by atoms with Crippen molar-refractivity contribution < 1.29 is 4.74 Å². The van der Waals surface area contributed by atoms with E-state index in [-0.39, 0.29) is 0 Å². The number of benzene rings is 1. The molecule has 2 heterocycles. The summed E-state index contributed by atoms with van der Waals surface area (Å²) in [5.74, 6) is 0. The molecular formula is C20H30N4O. The summed E-state index contributed by atoms with van der Waals surface area (Å²) >= 11 is 0. The maximum atomic E-state index is 5.81. The lowest BCUT2D eigenvalue weighted by atomic mass is 10.1. The molecule has 25 heavy (non-hydrogen) atoms. The molecule has 1 aromatic carbocycles. The molecule has 5 heteroatoms. The molecule has 1 aliphatic heterocycles. The van der Waals surface area contributed by atoms with E-state index in [1.807, 2.05) is 6.92 Å². The second-order valence-electron chi connectivity index (χ2n) is 7.28. The normalized spacial score (nSPS) is 21.6. The lowest BCUT2D eigenvalue weighted by Gasteiger charge is -2.35. The Morgan fingerprint density at radius 3 is 2.32 bits per heavy atom. The van der Waals surface area contributed by atoms with E-state index >= 15 is 0 Å². The Bertz CT molecular complexity index is 650. The van der Waals surface area contributed by atoms with Crippen LogP contribution in [-0.2, 0) is 24.4 Å². The summed E-state index contributed by atoms with van der Waals surface area (Å²) in [6.45, 7) is 13.2. The Morgan fingerprint density at radius 1 is 1.08 bits per heavy atom. The van der Waals surface area contributed by atoms with Gasteiger partial charge in [-0.1, -0.05) is 24.3 Å². The van der Waals surface area contributed by atoms with Crippen LogP contribution in [0.2, 0.25) is 0 Å². The first kappa shape index (κ1) is 18.1. The molecule has 0 radical (unpaired) electrons. The molecule has 0 spiro atoms. The van der Waals surface area contributed by atoms with Gasteiger partial charge < -0.3 is 10.1 Å². The van der Waals surface area contributed by atoms with Crippen molar-refractivity contribution >= 4 is 0 Å². The quantitative estimate of drug-likeness (QED) is 0.847. The SMILES string of the molecule is Cc1n[nH]c(C)c1CNCc1ccc(CN2C[C@@H](C)O[C@@H](C)C2)cc1. The third kappa shape index (κ3) is 4.91. The number of rotatable bonds is 6. The molecule has 0 bridgehead atoms. The second-order valence-corrected chi connectivity index (χ2v) is 7.28. The molecule has 1 aliphatic rings. The van der Waals surface area contributed by atoms with Gasteiger partial charge in [-0.05, 0) is 38.8 Å². The summed E-state index contributed by atoms with van der Waals surface area (Å²) in [4.78, 5) is 2.48. The van der Waals surface area contributed by atoms with Gasteiger partial charge in [-0.3, -0.25) is 10.00 Å². The van der Waals surface area contributed by atoms with Gasteiger partial charge in [0.2, 0.25) is 0 Å². The van der Waals surface area contributed by atoms with Crippen molar-refractivity contribution in [2.24, 2.45) is 0 Å². The van der Waals surface area contributed by atoms with E-state index < -0.39 is 0 Å². The summed E-state index contributed by atoms with van der Waals surface area (Å²) in [7, 11) is 0. The average Bonchev–Trinajstić information content (AvgIpc) is 2.87. The second kappa shape index (κ2) is 8.13. The third-order valence-corrected chi connectivity index (χ3v) is 4.84. The molecule has 1 fully saturated rings. The molecule has 1 saturated heterocycles. The van der Waals surface area contributed by atoms with Crippen molar-refractivity contribution in [3.8, 4) is 0 Å². The first-order valence-corrected chi connectivity index (χ1v) is 9.18. The van der Waals surface area contributed by atoms with Crippen molar-refractivity contribution in [2.75, 3.05) is 13.1 Å². The fourth-order valence-electron chi connectivity index (χ4n) is 3.60. The highest BCUT2D eigenvalue weighted by atomic mass is 16.5. The predicted octanol–water partition coefficient (Wildman–Crippen LogP) is 2.93. The van der Waals surface area contributed by atoms with E-state index in [1.54, 1.807) is 0 Å². The first-order valence-electron chi connectivity index (χ1n) is 9.18. The van der Waals surface area contributed by atoms with Gasteiger partial charge in [0.05, 0.1) is 17.9 Å². The number of hydrogen-bond acceptors (Lipinski definition) is 4. The van der Waals surface area contributed by atoms with Crippen molar-refractivity contribution in [2.45, 2.75) is 59.5 Å². The van der Waals surface area contributed by atoms with Crippen LogP contribution < -0.4 is 5.32 Å². The number of nitrogens with zero attached hydrogens (tertiary/aromatic N) is 2. The minimum Gasteiger partial charge on any atom is -0.373 e. The highest BCUT2D eigenvalue weighted by Crippen LogP contribution is 2.15. The number of aromatic nitrogens is 2. The molecule has 0 unspecified atom stereocenters. The Labute approximate surface area is 150 Å². The van der Waals surface area contributed by atoms with E-state index in [0.29, 0.717) is 12.2 Å². The van der Waals surface area contributed by atoms with Gasteiger partial charge in [-0.25, -0.2) is 0 Å². The molecule has 0 saturated carbocycles. The van der Waals surface area contributed by atoms with Gasteiger partial charge in [-0.15, -0.1) is 0 Å². The maximum absolute atomic E-state index is 5.81. The number of hydrogen-bond donors (Lipinski definition) is 2. The first-order chi connectivity index (χ1) is 12.0. The standard InChI is InChI=1S/C20H30N4O/c1-14-11-24(12-15(2)25-14)13-19-7-5-18(6-8-19)9-21-10-20-16(3)22-23-17(20)4/h5-8,14-15,21H,9-13H2,1-4H3,(H,22,23)/t14-,15+. The lowest BCUT2D eigenvalue weighted by Crippen LogP contribution is -2.44. The minimum atomic E-state index is 0.321. The van der Waals surface area contributed by atoms with E-state index in [2.05, 4.69) is 65.5 Å². The predicted molar refractivity (Wildman–Crippen MR) is 100 cm³/mol. The van der Waals surface area contributed by atoms with Gasteiger partial charge in [0, 0.05) is 44.0 Å². The third-order valence-electron chi connectivity index (χ3n) is 4.84. The molecule has 3 rings (SSSR count). The van der Waals surface area contributed by atoms with Gasteiger partial charge in [0.25, 0.3) is 0 Å². The van der Waals surface area contributed by atoms with Crippen molar-refractivity contribution in [3.63, 3.8) is 0 Å². The molecular weight excluding hydrogens is 312 g/mol. The molecule has 136 valence electrons. The number of morpholine rings is 1. The molecule has 1 aromatic heterocycles. The highest BCUT2D eigenvalue weighted by molar-refractivity contribution is 5.24. The monoisotopic (exact) mass is 342 g/mol. The van der Waals surface area contributed by atoms with E-state index in [0.717, 1.165) is 44.1 Å². The van der Waals surface area contributed by atoms with Crippen LogP contribution in [0.3, 0.4) is 0 Å². The van der Waals surface area contributed by atoms with Crippen LogP contribution in [0.25, 0.3) is 0 Å². The summed E-state index contributed by atoms with van der Waals surface area (Å²) in [6, 6.07) is 8.95. The van der Waals surface area contributed by atoms with Gasteiger partial charge >= 0.3 is 0 Å². The van der Waals surface area contributed by atoms with Crippen molar-refractivity contribution in [1.29, 1.82) is 0 Å². The summed E-state index contributed by atoms with van der Waals surface area (Å²) in [5.41, 5.74) is 6.17. The zero-order valence-electron chi connectivity index (χ0n) is 15.8. The molecule has 0 amide bonds. The zero-order valence-corrected chi connectivity index (χ0v) is 15.8. The Kier molecular flexibility index (Phi) is 5.89. The fraction of sp³-hybridized carbons (Fsp3) is 0.550. The van der Waals surface area contributed by atoms with Gasteiger partial charge in [-0.2, -0.15) is 5.10 Å². The fourth-order valence-corrected chi connectivity index (χ4v) is 3.60. The highest BCUT2D eigenvalue weighted by Gasteiger charge is 2.21. The minimum absolute atomic E-state index is 0.321. The van der Waals surface area contributed by atoms with Gasteiger partial charge in [0.15, 0.2) is 0 Å². The summed E-state index contributed by atoms with van der Waals surface area (Å²) in [6.07, 6.45) is 0.643. The topological polar surface area (TPSA) is 53.2 Å². The Hall–Kier alpha value is -1.69. The van der Waals surface area contributed by atoms with Crippen LogP contribution in [0.5, 0.6) is 0 Å². The maximum Gasteiger partial charge on any atom is 0.0678 e. The zero-order chi connectivity index (χ0) is 17.8. The molecule has 0 aliphatic carbocycles. The van der Waals surface area contributed by atoms with E-state index in [9.17, 15) is 0 Å². The lowest BCUT2D eigenvalue weighted by molar-refractivity contribution is -0.0704. The molecule has 2 N–H and O–H groups in total. The number of aromatic amines is 1.